The topological polar surface area (TPSA) is 68.7 Å². The molecule has 21 heavy (non-hydrogen) atoms. The molecule has 0 saturated heterocycles. The fraction of sp³-hybridized carbons (Fsp3) is 0.250. The largest absolute Gasteiger partial charge is 0.486 e. The van der Waals surface area contributed by atoms with Crippen LogP contribution in [0.25, 0.3) is 0 Å². The molecule has 1 aliphatic heterocycles. The fourth-order valence-corrected chi connectivity index (χ4v) is 2.38. The molecule has 0 radical (unpaired) electrons. The quantitative estimate of drug-likeness (QED) is 0.933. The Kier molecular flexibility index (Phi) is 3.73. The van der Waals surface area contributed by atoms with Crippen LogP contribution < -0.4 is 9.47 Å². The predicted molar refractivity (Wildman–Crippen MR) is 75.7 cm³/mol. The lowest BCUT2D eigenvalue weighted by Crippen LogP contribution is -2.18. The number of carboxylic acid groups (broad SMARTS) is 1. The highest BCUT2D eigenvalue weighted by Crippen LogP contribution is 2.34. The van der Waals surface area contributed by atoms with Gasteiger partial charge in [0.1, 0.15) is 13.2 Å². The number of benzene rings is 1. The normalized spacial score (nSPS) is 14.5. The van der Waals surface area contributed by atoms with Crippen LogP contribution in [0.5, 0.6) is 11.5 Å². The lowest BCUT2D eigenvalue weighted by molar-refractivity contribution is -0.138. The lowest BCUT2D eigenvalue weighted by atomic mass is 9.92. The highest BCUT2D eigenvalue weighted by Gasteiger charge is 2.23. The molecule has 1 aromatic carbocycles. The van der Waals surface area contributed by atoms with Gasteiger partial charge in [-0.15, -0.1) is 0 Å². The average Bonchev–Trinajstić information content (AvgIpc) is 2.53. The zero-order valence-corrected chi connectivity index (χ0v) is 11.4. The first-order chi connectivity index (χ1) is 10.2. The Hall–Kier alpha value is -2.56. The SMILES string of the molecule is O=C(O)C(Cc1cccnc1)c1ccc2c(c1)OCCO2. The Morgan fingerprint density at radius 3 is 2.76 bits per heavy atom. The van der Waals surface area contributed by atoms with Crippen molar-refractivity contribution in [2.75, 3.05) is 13.2 Å². The van der Waals surface area contributed by atoms with Gasteiger partial charge < -0.3 is 14.6 Å². The van der Waals surface area contributed by atoms with Gasteiger partial charge >= 0.3 is 5.97 Å². The first-order valence-corrected chi connectivity index (χ1v) is 6.75. The zero-order chi connectivity index (χ0) is 14.7. The van der Waals surface area contributed by atoms with Gasteiger partial charge in [-0.25, -0.2) is 0 Å². The molecule has 0 spiro atoms. The van der Waals surface area contributed by atoms with E-state index in [0.29, 0.717) is 36.7 Å². The number of pyridine rings is 1. The zero-order valence-electron chi connectivity index (χ0n) is 11.4. The van der Waals surface area contributed by atoms with E-state index < -0.39 is 11.9 Å². The van der Waals surface area contributed by atoms with Crippen LogP contribution in [0.1, 0.15) is 17.0 Å². The first-order valence-electron chi connectivity index (χ1n) is 6.75. The van der Waals surface area contributed by atoms with E-state index in [-0.39, 0.29) is 0 Å². The van der Waals surface area contributed by atoms with Gasteiger partial charge in [-0.05, 0) is 35.7 Å². The van der Waals surface area contributed by atoms with Crippen molar-refractivity contribution in [3.8, 4) is 11.5 Å². The molecule has 5 heteroatoms. The van der Waals surface area contributed by atoms with E-state index >= 15 is 0 Å². The van der Waals surface area contributed by atoms with Gasteiger partial charge in [0.05, 0.1) is 5.92 Å². The van der Waals surface area contributed by atoms with E-state index in [9.17, 15) is 9.90 Å². The minimum absolute atomic E-state index is 0.392. The summed E-state index contributed by atoms with van der Waals surface area (Å²) in [4.78, 5) is 15.6. The highest BCUT2D eigenvalue weighted by atomic mass is 16.6. The minimum Gasteiger partial charge on any atom is -0.486 e. The van der Waals surface area contributed by atoms with Gasteiger partial charge in [-0.3, -0.25) is 9.78 Å². The number of ether oxygens (including phenoxy) is 2. The Labute approximate surface area is 122 Å². The third-order valence-electron chi connectivity index (χ3n) is 3.43. The van der Waals surface area contributed by atoms with E-state index in [1.54, 1.807) is 36.7 Å². The van der Waals surface area contributed by atoms with Gasteiger partial charge in [-0.1, -0.05) is 12.1 Å². The molecule has 2 heterocycles. The molecular formula is C16H15NO4. The molecular weight excluding hydrogens is 270 g/mol. The van der Waals surface area contributed by atoms with Gasteiger partial charge in [0, 0.05) is 12.4 Å². The molecule has 0 fully saturated rings. The summed E-state index contributed by atoms with van der Waals surface area (Å²) in [6.45, 7) is 1.00. The van der Waals surface area contributed by atoms with Crippen molar-refractivity contribution in [3.63, 3.8) is 0 Å². The number of aromatic nitrogens is 1. The average molecular weight is 285 g/mol. The Bertz CT molecular complexity index is 642. The van der Waals surface area contributed by atoms with Crippen LogP contribution in [-0.2, 0) is 11.2 Å². The maximum absolute atomic E-state index is 11.6. The van der Waals surface area contributed by atoms with Gasteiger partial charge in [0.2, 0.25) is 0 Å². The number of carbonyl (C=O) groups is 1. The fourth-order valence-electron chi connectivity index (χ4n) is 2.38. The molecule has 0 bridgehead atoms. The van der Waals surface area contributed by atoms with Crippen LogP contribution >= 0.6 is 0 Å². The second-order valence-corrected chi connectivity index (χ2v) is 4.86. The van der Waals surface area contributed by atoms with Crippen molar-refractivity contribution >= 4 is 5.97 Å². The van der Waals surface area contributed by atoms with Crippen LogP contribution in [0.3, 0.4) is 0 Å². The van der Waals surface area contributed by atoms with E-state index in [2.05, 4.69) is 4.98 Å². The molecule has 1 aliphatic rings. The molecule has 5 nitrogen and oxygen atoms in total. The molecule has 0 amide bonds. The molecule has 1 unspecified atom stereocenters. The Morgan fingerprint density at radius 2 is 2.05 bits per heavy atom. The van der Waals surface area contributed by atoms with Crippen molar-refractivity contribution in [3.05, 3.63) is 53.9 Å². The second-order valence-electron chi connectivity index (χ2n) is 4.86. The van der Waals surface area contributed by atoms with Crippen LogP contribution in [0.2, 0.25) is 0 Å². The number of aliphatic carboxylic acids is 1. The van der Waals surface area contributed by atoms with Crippen molar-refractivity contribution in [2.24, 2.45) is 0 Å². The molecule has 2 aromatic rings. The van der Waals surface area contributed by atoms with E-state index in [0.717, 1.165) is 5.56 Å². The maximum atomic E-state index is 11.6. The van der Waals surface area contributed by atoms with Crippen LogP contribution in [-0.4, -0.2) is 29.3 Å². The molecule has 0 aliphatic carbocycles. The summed E-state index contributed by atoms with van der Waals surface area (Å²) < 4.78 is 11.0. The Balaban J connectivity index is 1.89. The summed E-state index contributed by atoms with van der Waals surface area (Å²) in [6, 6.07) is 8.98. The van der Waals surface area contributed by atoms with E-state index in [1.165, 1.54) is 0 Å². The summed E-state index contributed by atoms with van der Waals surface area (Å²) >= 11 is 0. The van der Waals surface area contributed by atoms with Crippen molar-refractivity contribution in [1.82, 2.24) is 4.98 Å². The van der Waals surface area contributed by atoms with E-state index in [4.69, 9.17) is 9.47 Å². The van der Waals surface area contributed by atoms with Crippen molar-refractivity contribution < 1.29 is 19.4 Å². The molecule has 108 valence electrons. The molecule has 1 aromatic heterocycles. The predicted octanol–water partition coefficient (Wildman–Crippen LogP) is 2.26. The minimum atomic E-state index is -0.865. The van der Waals surface area contributed by atoms with Gasteiger partial charge in [0.25, 0.3) is 0 Å². The smallest absolute Gasteiger partial charge is 0.311 e. The maximum Gasteiger partial charge on any atom is 0.311 e. The first kappa shape index (κ1) is 13.4. The molecule has 1 N–H and O–H groups in total. The van der Waals surface area contributed by atoms with E-state index in [1.807, 2.05) is 6.07 Å². The number of nitrogens with zero attached hydrogens (tertiary/aromatic N) is 1. The van der Waals surface area contributed by atoms with Crippen molar-refractivity contribution in [1.29, 1.82) is 0 Å². The number of rotatable bonds is 4. The number of hydrogen-bond acceptors (Lipinski definition) is 4. The lowest BCUT2D eigenvalue weighted by Gasteiger charge is -2.20. The number of fused-ring (bicyclic) bond motifs is 1. The summed E-state index contributed by atoms with van der Waals surface area (Å²) in [5.74, 6) is -0.229. The van der Waals surface area contributed by atoms with Crippen LogP contribution in [0.4, 0.5) is 0 Å². The molecule has 0 saturated carbocycles. The standard InChI is InChI=1S/C16H15NO4/c18-16(19)13(8-11-2-1-5-17-10-11)12-3-4-14-15(9-12)21-7-6-20-14/h1-5,9-10,13H,6-8H2,(H,18,19). The summed E-state index contributed by atoms with van der Waals surface area (Å²) in [5, 5.41) is 9.50. The molecule has 1 atom stereocenters. The number of carboxylic acids is 1. The molecule has 3 rings (SSSR count). The third-order valence-corrected chi connectivity index (χ3v) is 3.43. The highest BCUT2D eigenvalue weighted by molar-refractivity contribution is 5.77. The van der Waals surface area contributed by atoms with Crippen LogP contribution in [0.15, 0.2) is 42.7 Å². The van der Waals surface area contributed by atoms with Gasteiger partial charge in [0.15, 0.2) is 11.5 Å². The monoisotopic (exact) mass is 285 g/mol. The second kappa shape index (κ2) is 5.83. The third kappa shape index (κ3) is 2.97. The summed E-state index contributed by atoms with van der Waals surface area (Å²) in [5.41, 5.74) is 1.59. The van der Waals surface area contributed by atoms with Crippen molar-refractivity contribution in [2.45, 2.75) is 12.3 Å². The Morgan fingerprint density at radius 1 is 1.24 bits per heavy atom. The number of hydrogen-bond donors (Lipinski definition) is 1. The van der Waals surface area contributed by atoms with Gasteiger partial charge in [-0.2, -0.15) is 0 Å². The summed E-state index contributed by atoms with van der Waals surface area (Å²) in [7, 11) is 0. The van der Waals surface area contributed by atoms with Crippen LogP contribution in [0, 0.1) is 0 Å². The summed E-state index contributed by atoms with van der Waals surface area (Å²) in [6.07, 6.45) is 3.75.